The number of nitrogens with one attached hydrogen (secondary N) is 2. The number of carbonyl (C=O) groups is 2. The maximum absolute atomic E-state index is 12.1. The van der Waals surface area contributed by atoms with E-state index in [0.717, 1.165) is 12.8 Å². The highest BCUT2D eigenvalue weighted by molar-refractivity contribution is 9.08. The molecule has 0 unspecified atom stereocenters. The van der Waals surface area contributed by atoms with Crippen LogP contribution in [0, 0.1) is 0 Å². The molecule has 0 aliphatic carbocycles. The number of amides is 2. The van der Waals surface area contributed by atoms with Crippen LogP contribution in [0.5, 0.6) is 0 Å². The Morgan fingerprint density at radius 1 is 1.11 bits per heavy atom. The lowest BCUT2D eigenvalue weighted by Gasteiger charge is -2.22. The van der Waals surface area contributed by atoms with E-state index in [9.17, 15) is 9.59 Å². The number of hydrogen-bond acceptors (Lipinski definition) is 6. The Kier molecular flexibility index (Phi) is 9.26. The molecule has 0 aromatic carbocycles. The standard InChI is InChI=1S/C19H32BrN3O5/c1-18(2,3)27-16(24)21-10-8-7-9-14(15-22-12-13(11-20)26-15)23-17(25)28-19(4,5)6/h12,14H,7-11H2,1-6H3,(H,21,24)(H,23,25)/t14-/m0/s1. The molecule has 1 rings (SSSR count). The van der Waals surface area contributed by atoms with Gasteiger partial charge in [-0.25, -0.2) is 14.6 Å². The first-order chi connectivity index (χ1) is 12.9. The van der Waals surface area contributed by atoms with Gasteiger partial charge in [0.25, 0.3) is 0 Å². The monoisotopic (exact) mass is 461 g/mol. The largest absolute Gasteiger partial charge is 0.444 e. The van der Waals surface area contributed by atoms with Crippen LogP contribution in [0.25, 0.3) is 0 Å². The number of carbonyl (C=O) groups excluding carboxylic acids is 2. The molecule has 1 aromatic rings. The summed E-state index contributed by atoms with van der Waals surface area (Å²) in [7, 11) is 0. The van der Waals surface area contributed by atoms with Crippen LogP contribution in [0.4, 0.5) is 9.59 Å². The van der Waals surface area contributed by atoms with Crippen molar-refractivity contribution in [2.45, 2.75) is 83.4 Å². The van der Waals surface area contributed by atoms with Crippen LogP contribution in [-0.2, 0) is 14.8 Å². The third-order valence-electron chi connectivity index (χ3n) is 3.28. The van der Waals surface area contributed by atoms with Crippen molar-refractivity contribution >= 4 is 28.1 Å². The minimum atomic E-state index is -0.594. The van der Waals surface area contributed by atoms with E-state index in [2.05, 4.69) is 31.5 Å². The highest BCUT2D eigenvalue weighted by Crippen LogP contribution is 2.21. The number of alkyl halides is 1. The lowest BCUT2D eigenvalue weighted by molar-refractivity contribution is 0.0490. The van der Waals surface area contributed by atoms with Crippen molar-refractivity contribution in [2.24, 2.45) is 0 Å². The number of hydrogen-bond donors (Lipinski definition) is 2. The lowest BCUT2D eigenvalue weighted by atomic mass is 10.1. The summed E-state index contributed by atoms with van der Waals surface area (Å²) in [5.41, 5.74) is -1.12. The lowest BCUT2D eigenvalue weighted by Crippen LogP contribution is -2.35. The Morgan fingerprint density at radius 3 is 2.25 bits per heavy atom. The number of halogens is 1. The van der Waals surface area contributed by atoms with E-state index in [0.29, 0.717) is 29.9 Å². The van der Waals surface area contributed by atoms with Gasteiger partial charge >= 0.3 is 12.2 Å². The summed E-state index contributed by atoms with van der Waals surface area (Å²) >= 11 is 3.32. The smallest absolute Gasteiger partial charge is 0.408 e. The Bertz CT molecular complexity index is 634. The van der Waals surface area contributed by atoms with Gasteiger partial charge in [0.05, 0.1) is 11.5 Å². The first-order valence-electron chi connectivity index (χ1n) is 9.36. The van der Waals surface area contributed by atoms with E-state index < -0.39 is 29.4 Å². The van der Waals surface area contributed by atoms with E-state index in [1.54, 1.807) is 27.0 Å². The van der Waals surface area contributed by atoms with Gasteiger partial charge in [0.2, 0.25) is 5.89 Å². The summed E-state index contributed by atoms with van der Waals surface area (Å²) in [4.78, 5) is 28.0. The maximum Gasteiger partial charge on any atom is 0.408 e. The minimum absolute atomic E-state index is 0.413. The predicted molar refractivity (Wildman–Crippen MR) is 109 cm³/mol. The number of aromatic nitrogens is 1. The van der Waals surface area contributed by atoms with Crippen molar-refractivity contribution in [1.82, 2.24) is 15.6 Å². The van der Waals surface area contributed by atoms with Crippen LogP contribution >= 0.6 is 15.9 Å². The molecule has 1 aromatic heterocycles. The Labute approximate surface area is 175 Å². The molecule has 2 N–H and O–H groups in total. The van der Waals surface area contributed by atoms with E-state index in [-0.39, 0.29) is 0 Å². The third-order valence-corrected chi connectivity index (χ3v) is 3.83. The van der Waals surface area contributed by atoms with Crippen molar-refractivity contribution in [3.63, 3.8) is 0 Å². The van der Waals surface area contributed by atoms with Crippen LogP contribution in [0.1, 0.15) is 78.5 Å². The predicted octanol–water partition coefficient (Wildman–Crippen LogP) is 4.83. The first kappa shape index (κ1) is 24.3. The normalized spacial score (nSPS) is 13.0. The molecule has 0 fully saturated rings. The molecule has 9 heteroatoms. The molecule has 0 bridgehead atoms. The first-order valence-corrected chi connectivity index (χ1v) is 10.5. The van der Waals surface area contributed by atoms with Gasteiger partial charge in [-0.05, 0) is 60.8 Å². The fraction of sp³-hybridized carbons (Fsp3) is 0.737. The van der Waals surface area contributed by atoms with Crippen molar-refractivity contribution in [3.05, 3.63) is 17.8 Å². The third kappa shape index (κ3) is 10.5. The SMILES string of the molecule is CC(C)(C)OC(=O)NCCCC[C@H](NC(=O)OC(C)(C)C)c1ncc(CBr)o1. The zero-order valence-corrected chi connectivity index (χ0v) is 19.1. The van der Waals surface area contributed by atoms with Gasteiger partial charge in [0, 0.05) is 6.54 Å². The molecule has 160 valence electrons. The summed E-state index contributed by atoms with van der Waals surface area (Å²) in [5.74, 6) is 1.11. The van der Waals surface area contributed by atoms with E-state index in [4.69, 9.17) is 13.9 Å². The topological polar surface area (TPSA) is 103 Å². The van der Waals surface area contributed by atoms with Gasteiger partial charge < -0.3 is 24.5 Å². The van der Waals surface area contributed by atoms with E-state index in [1.807, 2.05) is 20.8 Å². The fourth-order valence-corrected chi connectivity index (χ4v) is 2.49. The highest BCUT2D eigenvalue weighted by Gasteiger charge is 2.23. The number of unbranched alkanes of at least 4 members (excludes halogenated alkanes) is 1. The molecule has 28 heavy (non-hydrogen) atoms. The number of nitrogens with zero attached hydrogens (tertiary/aromatic N) is 1. The second-order valence-electron chi connectivity index (χ2n) is 8.42. The Morgan fingerprint density at radius 2 is 1.71 bits per heavy atom. The van der Waals surface area contributed by atoms with Crippen LogP contribution in [0.2, 0.25) is 0 Å². The van der Waals surface area contributed by atoms with E-state index >= 15 is 0 Å². The van der Waals surface area contributed by atoms with Gasteiger partial charge in [-0.2, -0.15) is 0 Å². The summed E-state index contributed by atoms with van der Waals surface area (Å²) in [5, 5.41) is 6.07. The fourth-order valence-electron chi connectivity index (χ4n) is 2.23. The van der Waals surface area contributed by atoms with Gasteiger partial charge in [-0.1, -0.05) is 15.9 Å². The second-order valence-corrected chi connectivity index (χ2v) is 8.98. The van der Waals surface area contributed by atoms with Crippen LogP contribution < -0.4 is 10.6 Å². The average Bonchev–Trinajstić information content (AvgIpc) is 2.98. The molecule has 0 aliphatic rings. The molecule has 0 spiro atoms. The van der Waals surface area contributed by atoms with Crippen molar-refractivity contribution < 1.29 is 23.5 Å². The van der Waals surface area contributed by atoms with Gasteiger partial charge in [-0.3, -0.25) is 0 Å². The molecule has 0 aliphatic heterocycles. The van der Waals surface area contributed by atoms with Gasteiger partial charge in [0.1, 0.15) is 23.0 Å². The van der Waals surface area contributed by atoms with Gasteiger partial charge in [-0.15, -0.1) is 0 Å². The zero-order chi connectivity index (χ0) is 21.4. The zero-order valence-electron chi connectivity index (χ0n) is 17.6. The minimum Gasteiger partial charge on any atom is -0.444 e. The van der Waals surface area contributed by atoms with E-state index in [1.165, 1.54) is 0 Å². The highest BCUT2D eigenvalue weighted by atomic mass is 79.9. The molecule has 2 amide bonds. The molecule has 0 radical (unpaired) electrons. The van der Waals surface area contributed by atoms with Gasteiger partial charge in [0.15, 0.2) is 0 Å². The number of ether oxygens (including phenoxy) is 2. The molecule has 1 atom stereocenters. The second kappa shape index (κ2) is 10.7. The molecular weight excluding hydrogens is 430 g/mol. The van der Waals surface area contributed by atoms with Crippen LogP contribution in [0.15, 0.2) is 10.6 Å². The number of rotatable bonds is 8. The maximum atomic E-state index is 12.1. The van der Waals surface area contributed by atoms with Crippen molar-refractivity contribution in [2.75, 3.05) is 6.54 Å². The Hall–Kier alpha value is -1.77. The van der Waals surface area contributed by atoms with Crippen molar-refractivity contribution in [3.8, 4) is 0 Å². The average molecular weight is 462 g/mol. The summed E-state index contributed by atoms with van der Waals surface area (Å²) in [6.45, 7) is 11.3. The molecule has 8 nitrogen and oxygen atoms in total. The quantitative estimate of drug-likeness (QED) is 0.424. The molecule has 0 saturated heterocycles. The Balaban J connectivity index is 2.54. The summed E-state index contributed by atoms with van der Waals surface area (Å²) in [6.07, 6.45) is 2.71. The van der Waals surface area contributed by atoms with Crippen LogP contribution in [0.3, 0.4) is 0 Å². The van der Waals surface area contributed by atoms with Crippen LogP contribution in [-0.4, -0.2) is 34.9 Å². The summed E-state index contributed by atoms with van der Waals surface area (Å²) < 4.78 is 16.2. The number of oxazole rings is 1. The molecule has 0 saturated carbocycles. The summed E-state index contributed by atoms with van der Waals surface area (Å²) in [6, 6.07) is -0.413. The van der Waals surface area contributed by atoms with Crippen molar-refractivity contribution in [1.29, 1.82) is 0 Å². The molecule has 1 heterocycles. The number of alkyl carbamates (subject to hydrolysis) is 2. The molecular formula is C19H32BrN3O5.